The second-order valence-corrected chi connectivity index (χ2v) is 10.5. The summed E-state index contributed by atoms with van der Waals surface area (Å²) in [7, 11) is -3.58. The molecule has 2 aromatic carbocycles. The minimum atomic E-state index is -3.58. The minimum Gasteiger partial charge on any atom is -0.248 e. The Kier molecular flexibility index (Phi) is 5.00. The van der Waals surface area contributed by atoms with Gasteiger partial charge in [0.25, 0.3) is 0 Å². The zero-order valence-corrected chi connectivity index (χ0v) is 19.0. The zero-order chi connectivity index (χ0) is 22.3. The molecule has 1 aliphatic heterocycles. The van der Waals surface area contributed by atoms with Gasteiger partial charge in [-0.1, -0.05) is 60.9 Å². The van der Waals surface area contributed by atoms with E-state index < -0.39 is 10.0 Å². The Bertz CT molecular complexity index is 1380. The fraction of sp³-hybridized carbons (Fsp3) is 0.222. The van der Waals surface area contributed by atoms with E-state index in [1.807, 2.05) is 49.4 Å². The highest BCUT2D eigenvalue weighted by atomic mass is 32.2. The van der Waals surface area contributed by atoms with Crippen molar-refractivity contribution in [1.82, 2.24) is 9.29 Å². The number of nitrogens with zero attached hydrogens (tertiary/aromatic N) is 2. The van der Waals surface area contributed by atoms with Crippen molar-refractivity contribution < 1.29 is 8.42 Å². The van der Waals surface area contributed by atoms with Gasteiger partial charge in [0.05, 0.1) is 4.90 Å². The number of aryl methyl sites for hydroxylation is 1. The number of fused-ring (bicyclic) bond motifs is 3. The predicted octanol–water partition coefficient (Wildman–Crippen LogP) is 4.56. The van der Waals surface area contributed by atoms with Crippen LogP contribution in [0, 0.1) is 18.8 Å². The van der Waals surface area contributed by atoms with E-state index in [1.165, 1.54) is 5.56 Å². The van der Waals surface area contributed by atoms with E-state index in [4.69, 9.17) is 0 Å². The summed E-state index contributed by atoms with van der Waals surface area (Å²) in [5.74, 6) is 6.53. The Morgan fingerprint density at radius 1 is 0.969 bits per heavy atom. The second kappa shape index (κ2) is 7.74. The number of hydrogen-bond acceptors (Lipinski definition) is 3. The van der Waals surface area contributed by atoms with Crippen LogP contribution in [-0.2, 0) is 15.4 Å². The summed E-state index contributed by atoms with van der Waals surface area (Å²) >= 11 is 0. The smallest absolute Gasteiger partial charge is 0.243 e. The molecular weight excluding hydrogens is 416 g/mol. The van der Waals surface area contributed by atoms with Gasteiger partial charge < -0.3 is 0 Å². The molecule has 0 bridgehead atoms. The molecule has 4 nitrogen and oxygen atoms in total. The molecule has 2 aliphatic rings. The number of aromatic nitrogens is 1. The molecule has 0 amide bonds. The van der Waals surface area contributed by atoms with Crippen LogP contribution in [0.4, 0.5) is 0 Å². The van der Waals surface area contributed by atoms with Gasteiger partial charge in [-0.2, -0.15) is 4.31 Å². The number of pyridine rings is 1. The highest BCUT2D eigenvalue weighted by molar-refractivity contribution is 7.89. The average Bonchev–Trinajstić information content (AvgIpc) is 3.06. The van der Waals surface area contributed by atoms with Crippen molar-refractivity contribution in [1.29, 1.82) is 0 Å². The molecule has 0 N–H and O–H groups in total. The number of hydrogen-bond donors (Lipinski definition) is 0. The summed E-state index contributed by atoms with van der Waals surface area (Å²) in [6.45, 7) is 4.99. The standard InChI is InChI=1S/C27H24N2O2S/c1-20-10-13-22(14-11-20)32(30,31)29-18-16-27(2)25-9-4-3-8-23(25)24(26(27)19-29)15-12-21-7-5-6-17-28-21/h3-11,13-14,17H,16,18-19H2,1-2H3. The molecule has 32 heavy (non-hydrogen) atoms. The molecule has 0 radical (unpaired) electrons. The molecule has 3 aromatic rings. The van der Waals surface area contributed by atoms with E-state index in [-0.39, 0.29) is 5.41 Å². The molecule has 1 unspecified atom stereocenters. The summed E-state index contributed by atoms with van der Waals surface area (Å²) in [6.07, 6.45) is 2.45. The van der Waals surface area contributed by atoms with Gasteiger partial charge in [0.1, 0.15) is 5.69 Å². The monoisotopic (exact) mass is 440 g/mol. The molecule has 1 aromatic heterocycles. The number of sulfonamides is 1. The first kappa shape index (κ1) is 20.7. The van der Waals surface area contributed by atoms with Crippen LogP contribution in [0.25, 0.3) is 5.57 Å². The van der Waals surface area contributed by atoms with E-state index in [1.54, 1.807) is 22.6 Å². The Hall–Kier alpha value is -3.20. The molecule has 0 spiro atoms. The lowest BCUT2D eigenvalue weighted by atomic mass is 9.74. The van der Waals surface area contributed by atoms with Crippen LogP contribution >= 0.6 is 0 Å². The summed E-state index contributed by atoms with van der Waals surface area (Å²) in [4.78, 5) is 4.65. The van der Waals surface area contributed by atoms with Crippen LogP contribution in [0.5, 0.6) is 0 Å². The molecular formula is C27H24N2O2S. The number of piperidine rings is 1. The second-order valence-electron chi connectivity index (χ2n) is 8.60. The van der Waals surface area contributed by atoms with Gasteiger partial charge in [0.15, 0.2) is 0 Å². The van der Waals surface area contributed by atoms with E-state index in [2.05, 4.69) is 35.9 Å². The summed E-state index contributed by atoms with van der Waals surface area (Å²) in [5.41, 5.74) is 5.85. The third kappa shape index (κ3) is 3.37. The van der Waals surface area contributed by atoms with Crippen molar-refractivity contribution in [3.63, 3.8) is 0 Å². The molecule has 2 heterocycles. The van der Waals surface area contributed by atoms with Gasteiger partial charge in [-0.05, 0) is 60.2 Å². The first-order chi connectivity index (χ1) is 15.4. The number of allylic oxidation sites excluding steroid dienone is 1. The van der Waals surface area contributed by atoms with Gasteiger partial charge in [0, 0.05) is 30.3 Å². The van der Waals surface area contributed by atoms with Gasteiger partial charge in [-0.15, -0.1) is 0 Å². The first-order valence-electron chi connectivity index (χ1n) is 10.7. The van der Waals surface area contributed by atoms with Crippen LogP contribution in [0.1, 0.15) is 35.7 Å². The third-order valence-corrected chi connectivity index (χ3v) is 8.45. The summed E-state index contributed by atoms with van der Waals surface area (Å²) in [6, 6.07) is 21.0. The Balaban J connectivity index is 1.59. The molecule has 5 heteroatoms. The van der Waals surface area contributed by atoms with Crippen molar-refractivity contribution in [3.05, 3.63) is 101 Å². The third-order valence-electron chi connectivity index (χ3n) is 6.59. The lowest BCUT2D eigenvalue weighted by Crippen LogP contribution is -2.44. The van der Waals surface area contributed by atoms with E-state index in [0.717, 1.165) is 28.7 Å². The van der Waals surface area contributed by atoms with Crippen molar-refractivity contribution in [2.45, 2.75) is 30.6 Å². The van der Waals surface area contributed by atoms with Crippen molar-refractivity contribution in [2.24, 2.45) is 0 Å². The van der Waals surface area contributed by atoms with E-state index in [0.29, 0.717) is 23.7 Å². The topological polar surface area (TPSA) is 50.3 Å². The quantitative estimate of drug-likeness (QED) is 0.549. The average molecular weight is 441 g/mol. The van der Waals surface area contributed by atoms with Gasteiger partial charge >= 0.3 is 0 Å². The Labute approximate surface area is 189 Å². The van der Waals surface area contributed by atoms with Gasteiger partial charge in [-0.25, -0.2) is 13.4 Å². The van der Waals surface area contributed by atoms with Crippen LogP contribution in [0.2, 0.25) is 0 Å². The molecule has 1 atom stereocenters. The van der Waals surface area contributed by atoms with Gasteiger partial charge in [-0.3, -0.25) is 0 Å². The fourth-order valence-corrected chi connectivity index (χ4v) is 6.11. The minimum absolute atomic E-state index is 0.218. The number of benzene rings is 2. The molecule has 5 rings (SSSR count). The summed E-state index contributed by atoms with van der Waals surface area (Å²) < 4.78 is 28.4. The molecule has 160 valence electrons. The van der Waals surface area contributed by atoms with Crippen molar-refractivity contribution in [3.8, 4) is 11.8 Å². The molecule has 1 fully saturated rings. The van der Waals surface area contributed by atoms with Crippen LogP contribution in [-0.4, -0.2) is 30.8 Å². The maximum atomic E-state index is 13.4. The SMILES string of the molecule is Cc1ccc(S(=O)(=O)N2CCC3(C)C(=C(C#Cc4ccccn4)c4ccccc43)C2)cc1. The molecule has 1 saturated heterocycles. The fourth-order valence-electron chi connectivity index (χ4n) is 4.70. The largest absolute Gasteiger partial charge is 0.248 e. The van der Waals surface area contributed by atoms with Gasteiger partial charge in [0.2, 0.25) is 10.0 Å². The normalized spacial score (nSPS) is 20.3. The number of rotatable bonds is 2. The Morgan fingerprint density at radius 3 is 2.47 bits per heavy atom. The van der Waals surface area contributed by atoms with E-state index in [9.17, 15) is 8.42 Å². The highest BCUT2D eigenvalue weighted by Gasteiger charge is 2.46. The Morgan fingerprint density at radius 2 is 1.72 bits per heavy atom. The predicted molar refractivity (Wildman–Crippen MR) is 126 cm³/mol. The molecule has 0 saturated carbocycles. The lowest BCUT2D eigenvalue weighted by Gasteiger charge is -2.39. The van der Waals surface area contributed by atoms with Crippen molar-refractivity contribution >= 4 is 15.6 Å². The van der Waals surface area contributed by atoms with Crippen LogP contribution < -0.4 is 0 Å². The van der Waals surface area contributed by atoms with Crippen molar-refractivity contribution in [2.75, 3.05) is 13.1 Å². The van der Waals surface area contributed by atoms with E-state index >= 15 is 0 Å². The highest BCUT2D eigenvalue weighted by Crippen LogP contribution is 2.51. The summed E-state index contributed by atoms with van der Waals surface area (Å²) in [5, 5.41) is 0. The first-order valence-corrected chi connectivity index (χ1v) is 12.2. The maximum absolute atomic E-state index is 13.4. The molecule has 1 aliphatic carbocycles. The lowest BCUT2D eigenvalue weighted by molar-refractivity contribution is 0.324. The van der Waals surface area contributed by atoms with Crippen LogP contribution in [0.15, 0.2) is 83.4 Å². The van der Waals surface area contributed by atoms with Crippen LogP contribution in [0.3, 0.4) is 0 Å². The zero-order valence-electron chi connectivity index (χ0n) is 18.2. The maximum Gasteiger partial charge on any atom is 0.243 e.